The Bertz CT molecular complexity index is 347. The van der Waals surface area contributed by atoms with Gasteiger partial charge in [-0.2, -0.15) is 0 Å². The van der Waals surface area contributed by atoms with Gasteiger partial charge < -0.3 is 11.1 Å². The summed E-state index contributed by atoms with van der Waals surface area (Å²) in [4.78, 5) is 0. The number of hydrogen-bond donors (Lipinski definition) is 2. The maximum absolute atomic E-state index is 5.92. The molecule has 1 aromatic carbocycles. The molecular weight excluding hydrogens is 172 g/mol. The highest BCUT2D eigenvalue weighted by Crippen LogP contribution is 2.23. The maximum Gasteiger partial charge on any atom is 0.0576 e. The zero-order valence-electron chi connectivity index (χ0n) is 8.46. The second kappa shape index (κ2) is 3.74. The first kappa shape index (κ1) is 9.13. The van der Waals surface area contributed by atoms with E-state index < -0.39 is 0 Å². The molecule has 0 aromatic heterocycles. The molecule has 3 N–H and O–H groups in total. The van der Waals surface area contributed by atoms with Gasteiger partial charge in [0.2, 0.25) is 0 Å². The van der Waals surface area contributed by atoms with Gasteiger partial charge in [-0.05, 0) is 37.5 Å². The van der Waals surface area contributed by atoms with Gasteiger partial charge in [0.05, 0.1) is 11.4 Å². The molecule has 2 rings (SSSR count). The summed E-state index contributed by atoms with van der Waals surface area (Å²) in [6.45, 7) is 2.05. The zero-order chi connectivity index (χ0) is 9.97. The molecule has 0 heterocycles. The van der Waals surface area contributed by atoms with Crippen LogP contribution in [0.25, 0.3) is 0 Å². The molecule has 0 atom stereocenters. The molecule has 0 bridgehead atoms. The second-order valence-corrected chi connectivity index (χ2v) is 3.87. The predicted molar refractivity (Wildman–Crippen MR) is 61.4 cm³/mol. The van der Waals surface area contributed by atoms with Gasteiger partial charge in [-0.25, -0.2) is 0 Å². The zero-order valence-corrected chi connectivity index (χ0v) is 8.46. The van der Waals surface area contributed by atoms with Gasteiger partial charge >= 0.3 is 0 Å². The summed E-state index contributed by atoms with van der Waals surface area (Å²) in [5.41, 5.74) is 9.03. The van der Waals surface area contributed by atoms with Crippen molar-refractivity contribution in [2.45, 2.75) is 25.8 Å². The Hall–Kier alpha value is -1.44. The second-order valence-electron chi connectivity index (χ2n) is 3.87. The van der Waals surface area contributed by atoms with E-state index in [1.807, 2.05) is 6.07 Å². The quantitative estimate of drug-likeness (QED) is 0.553. The fourth-order valence-corrected chi connectivity index (χ4v) is 1.77. The van der Waals surface area contributed by atoms with Crippen molar-refractivity contribution < 1.29 is 0 Å². The van der Waals surface area contributed by atoms with Gasteiger partial charge in [0.25, 0.3) is 0 Å². The molecule has 0 fully saturated rings. The largest absolute Gasteiger partial charge is 0.397 e. The summed E-state index contributed by atoms with van der Waals surface area (Å²) in [5, 5.41) is 3.45. The topological polar surface area (TPSA) is 38.0 Å². The molecule has 0 saturated carbocycles. The number of nitrogen functional groups attached to an aromatic ring is 1. The Morgan fingerprint density at radius 2 is 2.00 bits per heavy atom. The fraction of sp³-hybridized carbons (Fsp3) is 0.333. The first-order chi connectivity index (χ1) is 6.75. The minimum absolute atomic E-state index is 0.528. The van der Waals surface area contributed by atoms with E-state index in [4.69, 9.17) is 5.73 Å². The summed E-state index contributed by atoms with van der Waals surface area (Å²) in [5.74, 6) is 0. The van der Waals surface area contributed by atoms with Crippen molar-refractivity contribution in [3.05, 3.63) is 35.9 Å². The van der Waals surface area contributed by atoms with Crippen LogP contribution in [0.15, 0.2) is 30.4 Å². The molecule has 0 saturated heterocycles. The number of anilines is 2. The van der Waals surface area contributed by atoms with E-state index in [2.05, 4.69) is 36.5 Å². The SMILES string of the molecule is Cc1ccc(NC2CC=CC2)c(N)c1. The number of rotatable bonds is 2. The minimum Gasteiger partial charge on any atom is -0.397 e. The molecule has 1 aliphatic carbocycles. The van der Waals surface area contributed by atoms with Crippen molar-refractivity contribution in [3.8, 4) is 0 Å². The number of hydrogen-bond acceptors (Lipinski definition) is 2. The average Bonchev–Trinajstić information content (AvgIpc) is 2.62. The Morgan fingerprint density at radius 1 is 1.29 bits per heavy atom. The summed E-state index contributed by atoms with van der Waals surface area (Å²) in [7, 11) is 0. The van der Waals surface area contributed by atoms with E-state index in [1.165, 1.54) is 5.56 Å². The van der Waals surface area contributed by atoms with Crippen LogP contribution < -0.4 is 11.1 Å². The Balaban J connectivity index is 2.08. The highest BCUT2D eigenvalue weighted by molar-refractivity contribution is 5.67. The third kappa shape index (κ3) is 1.90. The van der Waals surface area contributed by atoms with Crippen LogP contribution >= 0.6 is 0 Å². The van der Waals surface area contributed by atoms with Crippen LogP contribution in [0.1, 0.15) is 18.4 Å². The number of nitrogens with two attached hydrogens (primary N) is 1. The van der Waals surface area contributed by atoms with Crippen LogP contribution in [0.5, 0.6) is 0 Å². The van der Waals surface area contributed by atoms with Crippen LogP contribution in [0.2, 0.25) is 0 Å². The van der Waals surface area contributed by atoms with Crippen LogP contribution in [0, 0.1) is 6.92 Å². The van der Waals surface area contributed by atoms with Crippen molar-refractivity contribution in [2.24, 2.45) is 0 Å². The number of nitrogens with one attached hydrogen (secondary N) is 1. The normalized spacial score (nSPS) is 16.1. The minimum atomic E-state index is 0.528. The van der Waals surface area contributed by atoms with Gasteiger partial charge in [0.1, 0.15) is 0 Å². The van der Waals surface area contributed by atoms with Gasteiger partial charge in [0, 0.05) is 6.04 Å². The summed E-state index contributed by atoms with van der Waals surface area (Å²) in [6, 6.07) is 6.68. The Labute approximate surface area is 84.8 Å². The van der Waals surface area contributed by atoms with E-state index in [0.29, 0.717) is 6.04 Å². The van der Waals surface area contributed by atoms with Crippen LogP contribution in [0.4, 0.5) is 11.4 Å². The highest BCUT2D eigenvalue weighted by Gasteiger charge is 2.10. The van der Waals surface area contributed by atoms with Crippen molar-refractivity contribution in [3.63, 3.8) is 0 Å². The smallest absolute Gasteiger partial charge is 0.0576 e. The molecule has 2 heteroatoms. The molecule has 0 amide bonds. The van der Waals surface area contributed by atoms with E-state index >= 15 is 0 Å². The first-order valence-electron chi connectivity index (χ1n) is 5.03. The summed E-state index contributed by atoms with van der Waals surface area (Å²) >= 11 is 0. The standard InChI is InChI=1S/C12H16N2/c1-9-6-7-12(11(13)8-9)14-10-4-2-3-5-10/h2-3,6-8,10,14H,4-5,13H2,1H3. The molecular formula is C12H16N2. The van der Waals surface area contributed by atoms with Gasteiger partial charge in [-0.1, -0.05) is 18.2 Å². The average molecular weight is 188 g/mol. The van der Waals surface area contributed by atoms with Gasteiger partial charge in [-0.15, -0.1) is 0 Å². The third-order valence-corrected chi connectivity index (χ3v) is 2.57. The third-order valence-electron chi connectivity index (χ3n) is 2.57. The van der Waals surface area contributed by atoms with Gasteiger partial charge in [-0.3, -0.25) is 0 Å². The lowest BCUT2D eigenvalue weighted by molar-refractivity contribution is 0.787. The monoisotopic (exact) mass is 188 g/mol. The fourth-order valence-electron chi connectivity index (χ4n) is 1.77. The predicted octanol–water partition coefficient (Wildman–Crippen LogP) is 2.71. The van der Waals surface area contributed by atoms with Crippen LogP contribution in [-0.4, -0.2) is 6.04 Å². The molecule has 1 aliphatic rings. The lowest BCUT2D eigenvalue weighted by Gasteiger charge is -2.15. The summed E-state index contributed by atoms with van der Waals surface area (Å²) in [6.07, 6.45) is 6.63. The Morgan fingerprint density at radius 3 is 2.64 bits per heavy atom. The lowest BCUT2D eigenvalue weighted by Crippen LogP contribution is -2.16. The van der Waals surface area contributed by atoms with Crippen molar-refractivity contribution in [2.75, 3.05) is 11.1 Å². The van der Waals surface area contributed by atoms with Crippen molar-refractivity contribution >= 4 is 11.4 Å². The first-order valence-corrected chi connectivity index (χ1v) is 5.03. The van der Waals surface area contributed by atoms with E-state index in [0.717, 1.165) is 24.2 Å². The molecule has 0 radical (unpaired) electrons. The van der Waals surface area contributed by atoms with Crippen LogP contribution in [-0.2, 0) is 0 Å². The number of benzene rings is 1. The maximum atomic E-state index is 5.92. The van der Waals surface area contributed by atoms with E-state index in [1.54, 1.807) is 0 Å². The molecule has 1 aromatic rings. The molecule has 0 unspecified atom stereocenters. The van der Waals surface area contributed by atoms with E-state index in [-0.39, 0.29) is 0 Å². The molecule has 0 aliphatic heterocycles. The van der Waals surface area contributed by atoms with E-state index in [9.17, 15) is 0 Å². The number of aryl methyl sites for hydroxylation is 1. The molecule has 14 heavy (non-hydrogen) atoms. The molecule has 0 spiro atoms. The van der Waals surface area contributed by atoms with Crippen molar-refractivity contribution in [1.82, 2.24) is 0 Å². The lowest BCUT2D eigenvalue weighted by atomic mass is 10.1. The molecule has 74 valence electrons. The van der Waals surface area contributed by atoms with Crippen LogP contribution in [0.3, 0.4) is 0 Å². The van der Waals surface area contributed by atoms with Crippen molar-refractivity contribution in [1.29, 1.82) is 0 Å². The summed E-state index contributed by atoms with van der Waals surface area (Å²) < 4.78 is 0. The van der Waals surface area contributed by atoms with Gasteiger partial charge in [0.15, 0.2) is 0 Å². The molecule has 2 nitrogen and oxygen atoms in total. The highest BCUT2D eigenvalue weighted by atomic mass is 14.9. The Kier molecular flexibility index (Phi) is 2.44.